The summed E-state index contributed by atoms with van der Waals surface area (Å²) in [5.74, 6) is 0.167. The lowest BCUT2D eigenvalue weighted by molar-refractivity contribution is -0.124. The smallest absolute Gasteiger partial charge is 0.195 e. The van der Waals surface area contributed by atoms with Crippen molar-refractivity contribution in [3.63, 3.8) is 0 Å². The highest BCUT2D eigenvalue weighted by Gasteiger charge is 2.41. The molecule has 4 nitrogen and oxygen atoms in total. The maximum atomic E-state index is 12.9. The number of aromatic nitrogens is 1. The first-order valence-electron chi connectivity index (χ1n) is 8.15. The fourth-order valence-corrected chi connectivity index (χ4v) is 4.43. The number of ketones is 2. The van der Waals surface area contributed by atoms with Gasteiger partial charge in [0, 0.05) is 30.6 Å². The van der Waals surface area contributed by atoms with Crippen molar-refractivity contribution in [1.82, 2.24) is 4.98 Å². The molecule has 0 spiro atoms. The quantitative estimate of drug-likeness (QED) is 0.667. The molecule has 1 unspecified atom stereocenters. The first-order chi connectivity index (χ1) is 11.3. The van der Waals surface area contributed by atoms with Crippen LogP contribution in [0.5, 0.6) is 0 Å². The van der Waals surface area contributed by atoms with Crippen LogP contribution in [-0.2, 0) is 4.79 Å². The average molecular weight is 342 g/mol. The number of hydrogen-bond acceptors (Lipinski definition) is 5. The Morgan fingerprint density at radius 1 is 1.33 bits per heavy atom. The van der Waals surface area contributed by atoms with Gasteiger partial charge in [0.05, 0.1) is 4.88 Å². The summed E-state index contributed by atoms with van der Waals surface area (Å²) < 4.78 is 0. The zero-order chi connectivity index (χ0) is 17.5. The van der Waals surface area contributed by atoms with Gasteiger partial charge in [-0.05, 0) is 42.0 Å². The van der Waals surface area contributed by atoms with Gasteiger partial charge in [-0.25, -0.2) is 4.98 Å². The summed E-state index contributed by atoms with van der Waals surface area (Å²) in [6.07, 6.45) is 3.33. The third-order valence-corrected chi connectivity index (χ3v) is 5.79. The van der Waals surface area contributed by atoms with E-state index in [4.69, 9.17) is 5.73 Å². The summed E-state index contributed by atoms with van der Waals surface area (Å²) in [6.45, 7) is 6.00. The van der Waals surface area contributed by atoms with Crippen molar-refractivity contribution in [2.75, 3.05) is 5.73 Å². The molecule has 0 amide bonds. The second-order valence-electron chi connectivity index (χ2n) is 7.32. The van der Waals surface area contributed by atoms with Crippen LogP contribution in [0.2, 0.25) is 0 Å². The number of nitrogen functional groups attached to an aromatic ring is 1. The maximum Gasteiger partial charge on any atom is 0.195 e. The highest BCUT2D eigenvalue weighted by Crippen LogP contribution is 2.41. The van der Waals surface area contributed by atoms with Crippen LogP contribution < -0.4 is 5.73 Å². The number of rotatable bonds is 3. The topological polar surface area (TPSA) is 73.0 Å². The highest BCUT2D eigenvalue weighted by molar-refractivity contribution is 7.17. The highest BCUT2D eigenvalue weighted by atomic mass is 32.1. The van der Waals surface area contributed by atoms with Crippen molar-refractivity contribution in [2.24, 2.45) is 11.3 Å². The van der Waals surface area contributed by atoms with Gasteiger partial charge in [-0.3, -0.25) is 9.59 Å². The van der Waals surface area contributed by atoms with Gasteiger partial charge in [0.1, 0.15) is 5.78 Å². The van der Waals surface area contributed by atoms with Crippen molar-refractivity contribution in [1.29, 1.82) is 0 Å². The number of nitrogens with zero attached hydrogens (tertiary/aromatic N) is 1. The summed E-state index contributed by atoms with van der Waals surface area (Å²) in [6, 6.07) is 5.86. The first kappa shape index (κ1) is 16.8. The zero-order valence-corrected chi connectivity index (χ0v) is 15.1. The van der Waals surface area contributed by atoms with Crippen LogP contribution >= 0.6 is 11.3 Å². The van der Waals surface area contributed by atoms with Crippen LogP contribution in [0.25, 0.3) is 10.4 Å². The number of carbonyl (C=O) groups excluding carboxylic acids is 2. The molecule has 1 heterocycles. The van der Waals surface area contributed by atoms with Crippen LogP contribution in [0.15, 0.2) is 24.4 Å². The molecule has 1 aliphatic rings. The van der Waals surface area contributed by atoms with Gasteiger partial charge < -0.3 is 5.73 Å². The molecule has 0 radical (unpaired) electrons. The molecule has 2 N–H and O–H groups in total. The summed E-state index contributed by atoms with van der Waals surface area (Å²) in [4.78, 5) is 29.9. The summed E-state index contributed by atoms with van der Waals surface area (Å²) in [7, 11) is 0. The van der Waals surface area contributed by atoms with E-state index in [0.29, 0.717) is 30.0 Å². The number of nitrogens with two attached hydrogens (primary N) is 1. The first-order valence-corrected chi connectivity index (χ1v) is 8.97. The van der Waals surface area contributed by atoms with E-state index < -0.39 is 0 Å². The Balaban J connectivity index is 1.87. The SMILES string of the molecule is Cc1cc(N)cc(-c2cnc(C(=O)C3CCC(=O)CC3(C)C)s2)c1. The van der Waals surface area contributed by atoms with E-state index in [2.05, 4.69) is 4.98 Å². The van der Waals surface area contributed by atoms with Crippen LogP contribution in [-0.4, -0.2) is 16.6 Å². The molecule has 126 valence electrons. The van der Waals surface area contributed by atoms with Gasteiger partial charge >= 0.3 is 0 Å². The van der Waals surface area contributed by atoms with E-state index in [1.165, 1.54) is 11.3 Å². The molecule has 1 aromatic heterocycles. The minimum Gasteiger partial charge on any atom is -0.399 e. The number of aryl methyl sites for hydroxylation is 1. The Kier molecular flexibility index (Phi) is 4.30. The molecule has 1 fully saturated rings. The molecule has 1 atom stereocenters. The monoisotopic (exact) mass is 342 g/mol. The normalized spacial score (nSPS) is 20.1. The number of carbonyl (C=O) groups is 2. The second kappa shape index (κ2) is 6.13. The molecule has 0 bridgehead atoms. The summed E-state index contributed by atoms with van der Waals surface area (Å²) >= 11 is 1.41. The van der Waals surface area contributed by atoms with Gasteiger partial charge in [0.2, 0.25) is 0 Å². The van der Waals surface area contributed by atoms with Crippen molar-refractivity contribution >= 4 is 28.6 Å². The van der Waals surface area contributed by atoms with Crippen molar-refractivity contribution in [2.45, 2.75) is 40.0 Å². The second-order valence-corrected chi connectivity index (χ2v) is 8.35. The van der Waals surface area contributed by atoms with E-state index in [1.807, 2.05) is 39.0 Å². The minimum atomic E-state index is -0.300. The van der Waals surface area contributed by atoms with E-state index >= 15 is 0 Å². The third kappa shape index (κ3) is 3.26. The number of hydrogen-bond donors (Lipinski definition) is 1. The molecule has 0 saturated heterocycles. The molecule has 24 heavy (non-hydrogen) atoms. The molecule has 0 aliphatic heterocycles. The Morgan fingerprint density at radius 3 is 2.75 bits per heavy atom. The van der Waals surface area contributed by atoms with Crippen molar-refractivity contribution < 1.29 is 9.59 Å². The van der Waals surface area contributed by atoms with Gasteiger partial charge in [-0.15, -0.1) is 11.3 Å². The van der Waals surface area contributed by atoms with E-state index in [-0.39, 0.29) is 22.9 Å². The number of Topliss-reactive ketones (excluding diaryl/α,β-unsaturated/α-hetero) is 2. The van der Waals surface area contributed by atoms with Crippen LogP contribution in [0.4, 0.5) is 5.69 Å². The maximum absolute atomic E-state index is 12.9. The van der Waals surface area contributed by atoms with E-state index in [1.54, 1.807) is 6.20 Å². The fourth-order valence-electron chi connectivity index (χ4n) is 3.53. The average Bonchev–Trinajstić information content (AvgIpc) is 2.94. The molecule has 1 aromatic carbocycles. The molecule has 1 saturated carbocycles. The lowest BCUT2D eigenvalue weighted by atomic mass is 9.67. The van der Waals surface area contributed by atoms with E-state index in [9.17, 15) is 9.59 Å². The summed E-state index contributed by atoms with van der Waals surface area (Å²) in [5.41, 5.74) is 8.39. The van der Waals surface area contributed by atoms with Crippen LogP contribution in [0.1, 0.15) is 48.5 Å². The standard InChI is InChI=1S/C19H22N2O2S/c1-11-6-12(8-13(20)7-11)16-10-21-18(24-16)17(23)15-5-4-14(22)9-19(15,2)3/h6-8,10,15H,4-5,9,20H2,1-3H3. The number of thiazole rings is 1. The molecule has 3 rings (SSSR count). The largest absolute Gasteiger partial charge is 0.399 e. The molecule has 5 heteroatoms. The predicted molar refractivity (Wildman–Crippen MR) is 97.2 cm³/mol. The van der Waals surface area contributed by atoms with Crippen molar-refractivity contribution in [3.8, 4) is 10.4 Å². The number of benzene rings is 1. The van der Waals surface area contributed by atoms with Gasteiger partial charge in [-0.1, -0.05) is 19.9 Å². The Hall–Kier alpha value is -2.01. The number of anilines is 1. The predicted octanol–water partition coefficient (Wildman–Crippen LogP) is 4.28. The minimum absolute atomic E-state index is 0.0596. The van der Waals surface area contributed by atoms with Crippen molar-refractivity contribution in [3.05, 3.63) is 35.0 Å². The Morgan fingerprint density at radius 2 is 2.08 bits per heavy atom. The molecular weight excluding hydrogens is 320 g/mol. The molecule has 1 aliphatic carbocycles. The molecular formula is C19H22N2O2S. The summed E-state index contributed by atoms with van der Waals surface area (Å²) in [5, 5.41) is 0.525. The lowest BCUT2D eigenvalue weighted by Crippen LogP contribution is -2.37. The van der Waals surface area contributed by atoms with Crippen LogP contribution in [0.3, 0.4) is 0 Å². The lowest BCUT2D eigenvalue weighted by Gasteiger charge is -2.36. The van der Waals surface area contributed by atoms with Gasteiger partial charge in [-0.2, -0.15) is 0 Å². The third-order valence-electron chi connectivity index (χ3n) is 4.73. The van der Waals surface area contributed by atoms with E-state index in [0.717, 1.165) is 16.0 Å². The van der Waals surface area contributed by atoms with Crippen LogP contribution in [0, 0.1) is 18.3 Å². The van der Waals surface area contributed by atoms with Gasteiger partial charge in [0.15, 0.2) is 10.8 Å². The fraction of sp³-hybridized carbons (Fsp3) is 0.421. The Labute approximate surface area is 146 Å². The van der Waals surface area contributed by atoms with Gasteiger partial charge in [0.25, 0.3) is 0 Å². The Bertz CT molecular complexity index is 787. The zero-order valence-electron chi connectivity index (χ0n) is 14.3. The molecule has 2 aromatic rings.